The van der Waals surface area contributed by atoms with E-state index in [4.69, 9.17) is 9.72 Å². The van der Waals surface area contributed by atoms with Gasteiger partial charge in [-0.1, -0.05) is 19.9 Å². The molecule has 1 aliphatic heterocycles. The van der Waals surface area contributed by atoms with Gasteiger partial charge in [0.1, 0.15) is 11.6 Å². The summed E-state index contributed by atoms with van der Waals surface area (Å²) in [5.74, 6) is 1.99. The number of aromatic nitrogens is 3. The standard InChI is InChI=1S/C21H26N4O3S/c1-15(2)13-25-20-12-22-9-7-19(20)23-21(25)16-8-10-24(14-16)29(26,27)18-6-4-5-17(11-18)28-3/h4-7,9,11-12,15-16H,8,10,13-14H2,1-3H3/t16-/m0/s1. The fraction of sp³-hybridized carbons (Fsp3) is 0.429. The van der Waals surface area contributed by atoms with Crippen molar-refractivity contribution in [1.82, 2.24) is 18.8 Å². The minimum atomic E-state index is -3.57. The van der Waals surface area contributed by atoms with Crippen LogP contribution >= 0.6 is 0 Å². The van der Waals surface area contributed by atoms with Crippen molar-refractivity contribution >= 4 is 21.1 Å². The van der Waals surface area contributed by atoms with E-state index in [9.17, 15) is 8.42 Å². The maximum absolute atomic E-state index is 13.1. The van der Waals surface area contributed by atoms with Gasteiger partial charge in [-0.2, -0.15) is 4.31 Å². The number of benzene rings is 1. The topological polar surface area (TPSA) is 77.3 Å². The molecule has 8 heteroatoms. The summed E-state index contributed by atoms with van der Waals surface area (Å²) in [7, 11) is -2.04. The molecule has 1 atom stereocenters. The lowest BCUT2D eigenvalue weighted by atomic mass is 10.1. The van der Waals surface area contributed by atoms with Crippen molar-refractivity contribution in [1.29, 1.82) is 0 Å². The number of pyridine rings is 1. The van der Waals surface area contributed by atoms with Crippen LogP contribution in [0.1, 0.15) is 32.0 Å². The van der Waals surface area contributed by atoms with Gasteiger partial charge in [0.15, 0.2) is 0 Å². The van der Waals surface area contributed by atoms with E-state index in [0.717, 1.165) is 29.8 Å². The Bertz CT molecular complexity index is 1120. The third kappa shape index (κ3) is 3.74. The van der Waals surface area contributed by atoms with Gasteiger partial charge in [-0.15, -0.1) is 0 Å². The Morgan fingerprint density at radius 2 is 2.10 bits per heavy atom. The van der Waals surface area contributed by atoms with Crippen LogP contribution in [0.2, 0.25) is 0 Å². The fourth-order valence-electron chi connectivity index (χ4n) is 3.93. The highest BCUT2D eigenvalue weighted by Gasteiger charge is 2.35. The molecule has 7 nitrogen and oxygen atoms in total. The van der Waals surface area contributed by atoms with Crippen molar-refractivity contribution in [3.05, 3.63) is 48.5 Å². The molecule has 0 spiro atoms. The number of imidazole rings is 1. The van der Waals surface area contributed by atoms with E-state index in [2.05, 4.69) is 23.4 Å². The van der Waals surface area contributed by atoms with E-state index >= 15 is 0 Å². The second kappa shape index (κ2) is 7.76. The molecule has 4 rings (SSSR count). The summed E-state index contributed by atoms with van der Waals surface area (Å²) in [5, 5.41) is 0. The van der Waals surface area contributed by atoms with Crippen LogP contribution < -0.4 is 4.74 Å². The van der Waals surface area contributed by atoms with Crippen molar-refractivity contribution < 1.29 is 13.2 Å². The minimum absolute atomic E-state index is 0.0570. The molecule has 0 bridgehead atoms. The normalized spacial score (nSPS) is 18.0. The quantitative estimate of drug-likeness (QED) is 0.619. The molecule has 0 aliphatic carbocycles. The average Bonchev–Trinajstić information content (AvgIpc) is 3.33. The van der Waals surface area contributed by atoms with E-state index in [1.54, 1.807) is 34.8 Å². The summed E-state index contributed by atoms with van der Waals surface area (Å²) >= 11 is 0. The number of hydrogen-bond acceptors (Lipinski definition) is 5. The van der Waals surface area contributed by atoms with Crippen LogP contribution in [0, 0.1) is 5.92 Å². The smallest absolute Gasteiger partial charge is 0.243 e. The predicted molar refractivity (Wildman–Crippen MR) is 111 cm³/mol. The lowest BCUT2D eigenvalue weighted by Gasteiger charge is -2.18. The zero-order valence-corrected chi connectivity index (χ0v) is 17.8. The first-order valence-corrected chi connectivity index (χ1v) is 11.3. The maximum Gasteiger partial charge on any atom is 0.243 e. The van der Waals surface area contributed by atoms with Crippen LogP contribution in [0.25, 0.3) is 11.0 Å². The zero-order valence-electron chi connectivity index (χ0n) is 16.9. The largest absolute Gasteiger partial charge is 0.497 e. The molecule has 154 valence electrons. The van der Waals surface area contributed by atoms with Crippen LogP contribution in [-0.2, 0) is 16.6 Å². The molecule has 0 N–H and O–H groups in total. The van der Waals surface area contributed by atoms with E-state index < -0.39 is 10.0 Å². The number of nitrogens with zero attached hydrogens (tertiary/aromatic N) is 4. The van der Waals surface area contributed by atoms with Crippen LogP contribution in [0.4, 0.5) is 0 Å². The maximum atomic E-state index is 13.1. The van der Waals surface area contributed by atoms with Gasteiger partial charge >= 0.3 is 0 Å². The Hall–Kier alpha value is -2.45. The van der Waals surface area contributed by atoms with Crippen LogP contribution in [0.15, 0.2) is 47.6 Å². The van der Waals surface area contributed by atoms with Gasteiger partial charge in [0.05, 0.1) is 29.2 Å². The summed E-state index contributed by atoms with van der Waals surface area (Å²) in [6.45, 7) is 6.07. The molecule has 1 aromatic carbocycles. The Kier molecular flexibility index (Phi) is 5.31. The molecule has 29 heavy (non-hydrogen) atoms. The Labute approximate surface area is 171 Å². The fourth-order valence-corrected chi connectivity index (χ4v) is 5.46. The van der Waals surface area contributed by atoms with E-state index in [0.29, 0.717) is 24.8 Å². The van der Waals surface area contributed by atoms with Gasteiger partial charge in [-0.3, -0.25) is 4.98 Å². The molecule has 0 radical (unpaired) electrons. The second-order valence-corrected chi connectivity index (χ2v) is 9.80. The van der Waals surface area contributed by atoms with E-state index in [-0.39, 0.29) is 10.8 Å². The third-order valence-corrected chi connectivity index (χ3v) is 7.18. The van der Waals surface area contributed by atoms with Gasteiger partial charge < -0.3 is 9.30 Å². The van der Waals surface area contributed by atoms with Crippen molar-refractivity contribution in [2.24, 2.45) is 5.92 Å². The molecule has 3 heterocycles. The van der Waals surface area contributed by atoms with Crippen LogP contribution in [0.3, 0.4) is 0 Å². The molecule has 3 aromatic rings. The number of fused-ring (bicyclic) bond motifs is 1. The molecule has 1 saturated heterocycles. The van der Waals surface area contributed by atoms with Crippen LogP contribution in [0.5, 0.6) is 5.75 Å². The van der Waals surface area contributed by atoms with Gasteiger partial charge in [-0.05, 0) is 30.5 Å². The molecule has 1 fully saturated rings. The lowest BCUT2D eigenvalue weighted by molar-refractivity contribution is 0.412. The molecule has 0 saturated carbocycles. The van der Waals surface area contributed by atoms with Crippen molar-refractivity contribution in [3.63, 3.8) is 0 Å². The van der Waals surface area contributed by atoms with Gasteiger partial charge in [0, 0.05) is 37.8 Å². The SMILES string of the molecule is COc1cccc(S(=O)(=O)N2CC[C@H](c3nc4ccncc4n3CC(C)C)C2)c1. The first kappa shape index (κ1) is 19.8. The highest BCUT2D eigenvalue weighted by Crippen LogP contribution is 2.33. The predicted octanol–water partition coefficient (Wildman–Crippen LogP) is 3.27. The summed E-state index contributed by atoms with van der Waals surface area (Å²) in [6, 6.07) is 8.55. The monoisotopic (exact) mass is 414 g/mol. The highest BCUT2D eigenvalue weighted by molar-refractivity contribution is 7.89. The molecule has 2 aromatic heterocycles. The Balaban J connectivity index is 1.65. The third-order valence-electron chi connectivity index (χ3n) is 5.32. The van der Waals surface area contributed by atoms with Gasteiger partial charge in [0.25, 0.3) is 0 Å². The molecule has 0 unspecified atom stereocenters. The number of rotatable bonds is 6. The molecule has 0 amide bonds. The Morgan fingerprint density at radius 1 is 1.28 bits per heavy atom. The molecular weight excluding hydrogens is 388 g/mol. The summed E-state index contributed by atoms with van der Waals surface area (Å²) in [4.78, 5) is 9.36. The van der Waals surface area contributed by atoms with Crippen molar-refractivity contribution in [3.8, 4) is 5.75 Å². The van der Waals surface area contributed by atoms with E-state index in [1.807, 2.05) is 12.3 Å². The zero-order chi connectivity index (χ0) is 20.6. The molecule has 1 aliphatic rings. The first-order valence-electron chi connectivity index (χ1n) is 9.84. The number of ether oxygens (including phenoxy) is 1. The minimum Gasteiger partial charge on any atom is -0.497 e. The van der Waals surface area contributed by atoms with Crippen molar-refractivity contribution in [2.45, 2.75) is 37.6 Å². The Morgan fingerprint density at radius 3 is 2.86 bits per heavy atom. The first-order chi connectivity index (χ1) is 13.9. The highest BCUT2D eigenvalue weighted by atomic mass is 32.2. The number of hydrogen-bond donors (Lipinski definition) is 0. The van der Waals surface area contributed by atoms with Gasteiger partial charge in [0.2, 0.25) is 10.0 Å². The molecular formula is C21H26N4O3S. The lowest BCUT2D eigenvalue weighted by Crippen LogP contribution is -2.29. The van der Waals surface area contributed by atoms with Crippen LogP contribution in [-0.4, -0.2) is 47.5 Å². The van der Waals surface area contributed by atoms with Gasteiger partial charge in [-0.25, -0.2) is 13.4 Å². The second-order valence-electron chi connectivity index (χ2n) is 7.87. The summed E-state index contributed by atoms with van der Waals surface area (Å²) < 4.78 is 35.2. The summed E-state index contributed by atoms with van der Waals surface area (Å²) in [5.41, 5.74) is 1.91. The number of sulfonamides is 1. The number of methoxy groups -OCH3 is 1. The van der Waals surface area contributed by atoms with E-state index in [1.165, 1.54) is 7.11 Å². The average molecular weight is 415 g/mol. The van der Waals surface area contributed by atoms with Crippen molar-refractivity contribution in [2.75, 3.05) is 20.2 Å². The summed E-state index contributed by atoms with van der Waals surface area (Å²) in [6.07, 6.45) is 4.33.